The minimum absolute atomic E-state index is 0.00401. The van der Waals surface area contributed by atoms with Crippen LogP contribution in [-0.4, -0.2) is 37.1 Å². The molecular weight excluding hydrogens is 428 g/mol. The fourth-order valence-electron chi connectivity index (χ4n) is 3.71. The average molecular weight is 457 g/mol. The van der Waals surface area contributed by atoms with E-state index in [0.29, 0.717) is 41.0 Å². The highest BCUT2D eigenvalue weighted by Crippen LogP contribution is 2.39. The number of nitrogens with zero attached hydrogens (tertiary/aromatic N) is 3. The number of rotatable bonds is 9. The first kappa shape index (κ1) is 23.6. The summed E-state index contributed by atoms with van der Waals surface area (Å²) in [5.74, 6) is 1.99. The Hall–Kier alpha value is -3.06. The number of benzene rings is 2. The van der Waals surface area contributed by atoms with Crippen LogP contribution in [0.4, 0.5) is 11.5 Å². The molecule has 1 N–H and O–H groups in total. The first-order valence-corrected chi connectivity index (χ1v) is 11.0. The molecule has 0 atom stereocenters. The van der Waals surface area contributed by atoms with Gasteiger partial charge < -0.3 is 19.7 Å². The molecule has 3 aromatic rings. The third-order valence-electron chi connectivity index (χ3n) is 5.38. The van der Waals surface area contributed by atoms with Crippen LogP contribution in [0.2, 0.25) is 5.02 Å². The van der Waals surface area contributed by atoms with Crippen LogP contribution in [-0.2, 0) is 17.8 Å². The molecule has 0 unspecified atom stereocenters. The van der Waals surface area contributed by atoms with Crippen LogP contribution >= 0.6 is 11.6 Å². The molecule has 0 bridgehead atoms. The Kier molecular flexibility index (Phi) is 7.75. The van der Waals surface area contributed by atoms with E-state index in [4.69, 9.17) is 21.1 Å². The molecule has 0 fully saturated rings. The number of aryl methyl sites for hydroxylation is 1. The van der Waals surface area contributed by atoms with Crippen molar-refractivity contribution in [1.29, 1.82) is 0 Å². The minimum atomic E-state index is 0.00401. The second-order valence-electron chi connectivity index (χ2n) is 7.40. The van der Waals surface area contributed by atoms with Gasteiger partial charge in [-0.25, -0.2) is 9.97 Å². The maximum atomic E-state index is 12.5. The van der Waals surface area contributed by atoms with E-state index in [0.717, 1.165) is 34.9 Å². The summed E-state index contributed by atoms with van der Waals surface area (Å²) >= 11 is 6.26. The molecule has 0 saturated carbocycles. The number of aromatic nitrogens is 2. The molecule has 0 saturated heterocycles. The predicted molar refractivity (Wildman–Crippen MR) is 129 cm³/mol. The number of carbonyl (C=O) groups is 1. The number of amides is 1. The van der Waals surface area contributed by atoms with E-state index in [1.54, 1.807) is 32.5 Å². The third-order valence-corrected chi connectivity index (χ3v) is 5.67. The quantitative estimate of drug-likeness (QED) is 0.474. The van der Waals surface area contributed by atoms with Crippen molar-refractivity contribution in [1.82, 2.24) is 9.97 Å². The number of ether oxygens (including phenoxy) is 2. The standard InChI is InChI=1S/C24H29ClN4O3/c1-6-8-16-22-17(12-19(23(16)32-5)29(3)21(30)7-2)24(28-14-27-22)26-13-15-9-10-20(31-4)18(25)11-15/h9-12,14H,6-8,13H2,1-5H3,(H,26,27,28). The monoisotopic (exact) mass is 456 g/mol. The summed E-state index contributed by atoms with van der Waals surface area (Å²) in [6.45, 7) is 4.46. The second-order valence-corrected chi connectivity index (χ2v) is 7.81. The van der Waals surface area contributed by atoms with Gasteiger partial charge in [-0.15, -0.1) is 0 Å². The van der Waals surface area contributed by atoms with Gasteiger partial charge in [-0.3, -0.25) is 4.79 Å². The van der Waals surface area contributed by atoms with E-state index in [9.17, 15) is 4.79 Å². The average Bonchev–Trinajstić information content (AvgIpc) is 2.81. The highest BCUT2D eigenvalue weighted by molar-refractivity contribution is 6.32. The smallest absolute Gasteiger partial charge is 0.226 e. The zero-order chi connectivity index (χ0) is 23.3. The number of hydrogen-bond donors (Lipinski definition) is 1. The van der Waals surface area contributed by atoms with Gasteiger partial charge in [0.25, 0.3) is 0 Å². The number of methoxy groups -OCH3 is 2. The molecule has 0 radical (unpaired) electrons. The molecule has 32 heavy (non-hydrogen) atoms. The molecule has 0 spiro atoms. The summed E-state index contributed by atoms with van der Waals surface area (Å²) in [6, 6.07) is 7.57. The van der Waals surface area contributed by atoms with Gasteiger partial charge in [0.2, 0.25) is 5.91 Å². The van der Waals surface area contributed by atoms with Gasteiger partial charge in [0, 0.05) is 31.0 Å². The van der Waals surface area contributed by atoms with Crippen LogP contribution < -0.4 is 19.7 Å². The Morgan fingerprint density at radius 1 is 1.16 bits per heavy atom. The number of hydrogen-bond acceptors (Lipinski definition) is 6. The van der Waals surface area contributed by atoms with Crippen molar-refractivity contribution in [2.75, 3.05) is 31.5 Å². The molecule has 1 heterocycles. The number of nitrogens with one attached hydrogen (secondary N) is 1. The van der Waals surface area contributed by atoms with Gasteiger partial charge in [-0.2, -0.15) is 0 Å². The SMILES string of the molecule is CCCc1c(OC)c(N(C)C(=O)CC)cc2c(NCc3ccc(OC)c(Cl)c3)ncnc12. The fraction of sp³-hybridized carbons (Fsp3) is 0.375. The van der Waals surface area contributed by atoms with Gasteiger partial charge in [0.1, 0.15) is 23.6 Å². The molecule has 0 aliphatic heterocycles. The topological polar surface area (TPSA) is 76.6 Å². The maximum Gasteiger partial charge on any atom is 0.226 e. The van der Waals surface area contributed by atoms with E-state index >= 15 is 0 Å². The highest BCUT2D eigenvalue weighted by Gasteiger charge is 2.22. The van der Waals surface area contributed by atoms with Gasteiger partial charge in [0.05, 0.1) is 30.4 Å². The van der Waals surface area contributed by atoms with Crippen molar-refractivity contribution in [2.24, 2.45) is 0 Å². The van der Waals surface area contributed by atoms with Gasteiger partial charge in [-0.05, 0) is 30.2 Å². The molecule has 2 aromatic carbocycles. The minimum Gasteiger partial charge on any atom is -0.495 e. The lowest BCUT2D eigenvalue weighted by atomic mass is 10.0. The number of halogens is 1. The Morgan fingerprint density at radius 2 is 1.94 bits per heavy atom. The van der Waals surface area contributed by atoms with E-state index in [2.05, 4.69) is 22.2 Å². The fourth-order valence-corrected chi connectivity index (χ4v) is 3.99. The molecule has 0 aliphatic rings. The van der Waals surface area contributed by atoms with Gasteiger partial charge in [0.15, 0.2) is 0 Å². The van der Waals surface area contributed by atoms with E-state index in [1.165, 1.54) is 0 Å². The van der Waals surface area contributed by atoms with Crippen LogP contribution in [0.1, 0.15) is 37.8 Å². The third kappa shape index (κ3) is 4.72. The van der Waals surface area contributed by atoms with E-state index in [1.807, 2.05) is 31.2 Å². The summed E-state index contributed by atoms with van der Waals surface area (Å²) < 4.78 is 11.0. The number of fused-ring (bicyclic) bond motifs is 1. The summed E-state index contributed by atoms with van der Waals surface area (Å²) in [6.07, 6.45) is 3.63. The van der Waals surface area contributed by atoms with Crippen molar-refractivity contribution in [3.63, 3.8) is 0 Å². The van der Waals surface area contributed by atoms with Crippen LogP contribution in [0, 0.1) is 0 Å². The molecule has 3 rings (SSSR count). The van der Waals surface area contributed by atoms with Crippen LogP contribution in [0.3, 0.4) is 0 Å². The maximum absolute atomic E-state index is 12.5. The molecule has 170 valence electrons. The zero-order valence-corrected chi connectivity index (χ0v) is 19.9. The second kappa shape index (κ2) is 10.5. The van der Waals surface area contributed by atoms with Crippen LogP contribution in [0.5, 0.6) is 11.5 Å². The lowest BCUT2D eigenvalue weighted by molar-refractivity contribution is -0.118. The van der Waals surface area contributed by atoms with E-state index < -0.39 is 0 Å². The summed E-state index contributed by atoms with van der Waals surface area (Å²) in [5, 5.41) is 4.78. The van der Waals surface area contributed by atoms with Crippen molar-refractivity contribution < 1.29 is 14.3 Å². The molecule has 7 nitrogen and oxygen atoms in total. The summed E-state index contributed by atoms with van der Waals surface area (Å²) in [7, 11) is 4.98. The normalized spacial score (nSPS) is 10.8. The van der Waals surface area contributed by atoms with Crippen molar-refractivity contribution in [3.05, 3.63) is 46.7 Å². The largest absolute Gasteiger partial charge is 0.495 e. The Bertz CT molecular complexity index is 1120. The molecule has 1 amide bonds. The van der Waals surface area contributed by atoms with Crippen molar-refractivity contribution in [2.45, 2.75) is 39.7 Å². The Balaban J connectivity index is 2.08. The lowest BCUT2D eigenvalue weighted by Crippen LogP contribution is -2.26. The van der Waals surface area contributed by atoms with Crippen LogP contribution in [0.15, 0.2) is 30.6 Å². The van der Waals surface area contributed by atoms with Crippen molar-refractivity contribution in [3.8, 4) is 11.5 Å². The summed E-state index contributed by atoms with van der Waals surface area (Å²) in [5.41, 5.74) is 3.48. The van der Waals surface area contributed by atoms with E-state index in [-0.39, 0.29) is 5.91 Å². The Morgan fingerprint density at radius 3 is 2.56 bits per heavy atom. The molecule has 1 aromatic heterocycles. The highest BCUT2D eigenvalue weighted by atomic mass is 35.5. The van der Waals surface area contributed by atoms with Gasteiger partial charge in [-0.1, -0.05) is 37.9 Å². The predicted octanol–water partition coefficient (Wildman–Crippen LogP) is 5.24. The van der Waals surface area contributed by atoms with Crippen molar-refractivity contribution >= 4 is 39.9 Å². The van der Waals surface area contributed by atoms with Crippen LogP contribution in [0.25, 0.3) is 10.9 Å². The molecule has 8 heteroatoms. The molecule has 0 aliphatic carbocycles. The summed E-state index contributed by atoms with van der Waals surface area (Å²) in [4.78, 5) is 23.1. The lowest BCUT2D eigenvalue weighted by Gasteiger charge is -2.23. The van der Waals surface area contributed by atoms with Gasteiger partial charge >= 0.3 is 0 Å². The zero-order valence-electron chi connectivity index (χ0n) is 19.2. The molecular formula is C24H29ClN4O3. The first-order valence-electron chi connectivity index (χ1n) is 10.6. The first-order chi connectivity index (χ1) is 15.4. The number of carbonyl (C=O) groups excluding carboxylic acids is 1. The Labute approximate surface area is 193 Å². The number of anilines is 2.